The smallest absolute Gasteiger partial charge is 0.0584 e. The Balaban J connectivity index is 0.000000160. The van der Waals surface area contributed by atoms with Crippen molar-refractivity contribution in [2.75, 3.05) is 19.7 Å². The van der Waals surface area contributed by atoms with Gasteiger partial charge in [0.2, 0.25) is 0 Å². The maximum atomic E-state index is 8.63. The lowest BCUT2D eigenvalue weighted by molar-refractivity contribution is 0.220. The molecule has 0 spiro atoms. The number of aliphatic hydroxyl groups excluding tert-OH is 1. The summed E-state index contributed by atoms with van der Waals surface area (Å²) in [4.78, 5) is 0. The first-order valence-corrected chi connectivity index (χ1v) is 6.94. The highest BCUT2D eigenvalue weighted by Crippen LogP contribution is 2.08. The Labute approximate surface area is 100 Å². The molecule has 2 aliphatic heterocycles. The molecule has 2 heterocycles. The fourth-order valence-corrected chi connectivity index (χ4v) is 2.35. The SMILES string of the molecule is CCC1CCCCN1.OCC1CCCCN1. The fourth-order valence-electron chi connectivity index (χ4n) is 2.35. The van der Waals surface area contributed by atoms with E-state index in [1.165, 1.54) is 45.1 Å². The van der Waals surface area contributed by atoms with Gasteiger partial charge in [0.25, 0.3) is 0 Å². The van der Waals surface area contributed by atoms with Gasteiger partial charge in [-0.1, -0.05) is 19.8 Å². The lowest BCUT2D eigenvalue weighted by Crippen LogP contribution is -2.36. The Morgan fingerprint density at radius 3 is 1.75 bits per heavy atom. The molecule has 0 radical (unpaired) electrons. The fraction of sp³-hybridized carbons (Fsp3) is 1.00. The molecule has 0 bridgehead atoms. The van der Waals surface area contributed by atoms with Crippen molar-refractivity contribution in [1.29, 1.82) is 0 Å². The second-order valence-corrected chi connectivity index (χ2v) is 4.88. The first-order chi connectivity index (χ1) is 7.86. The van der Waals surface area contributed by atoms with Crippen LogP contribution in [0.15, 0.2) is 0 Å². The van der Waals surface area contributed by atoms with Crippen LogP contribution in [-0.2, 0) is 0 Å². The van der Waals surface area contributed by atoms with Crippen LogP contribution in [0.4, 0.5) is 0 Å². The summed E-state index contributed by atoms with van der Waals surface area (Å²) in [6.07, 6.45) is 9.23. The maximum absolute atomic E-state index is 8.63. The van der Waals surface area contributed by atoms with Gasteiger partial charge in [0.05, 0.1) is 6.61 Å². The first-order valence-electron chi connectivity index (χ1n) is 6.94. The molecular formula is C13H28N2O. The van der Waals surface area contributed by atoms with Gasteiger partial charge in [-0.05, 0) is 45.2 Å². The van der Waals surface area contributed by atoms with Crippen LogP contribution < -0.4 is 10.6 Å². The van der Waals surface area contributed by atoms with Gasteiger partial charge in [-0.2, -0.15) is 0 Å². The Bertz CT molecular complexity index is 134. The van der Waals surface area contributed by atoms with E-state index in [-0.39, 0.29) is 0 Å². The van der Waals surface area contributed by atoms with Gasteiger partial charge in [0.1, 0.15) is 0 Å². The summed E-state index contributed by atoms with van der Waals surface area (Å²) in [7, 11) is 0. The van der Waals surface area contributed by atoms with Crippen LogP contribution >= 0.6 is 0 Å². The molecule has 0 aromatic carbocycles. The summed E-state index contributed by atoms with van der Waals surface area (Å²) < 4.78 is 0. The second kappa shape index (κ2) is 8.97. The van der Waals surface area contributed by atoms with Crippen molar-refractivity contribution in [2.45, 2.75) is 64.0 Å². The summed E-state index contributed by atoms with van der Waals surface area (Å²) in [5, 5.41) is 15.3. The first kappa shape index (κ1) is 13.9. The van der Waals surface area contributed by atoms with E-state index in [0.29, 0.717) is 12.6 Å². The highest BCUT2D eigenvalue weighted by atomic mass is 16.3. The van der Waals surface area contributed by atoms with Crippen LogP contribution in [0.5, 0.6) is 0 Å². The maximum Gasteiger partial charge on any atom is 0.0584 e. The van der Waals surface area contributed by atoms with Crippen LogP contribution in [0.3, 0.4) is 0 Å². The molecule has 3 N–H and O–H groups in total. The Hall–Kier alpha value is -0.120. The normalized spacial score (nSPS) is 30.4. The third kappa shape index (κ3) is 5.83. The number of rotatable bonds is 2. The molecule has 96 valence electrons. The number of piperidine rings is 2. The van der Waals surface area contributed by atoms with Crippen LogP contribution in [0.25, 0.3) is 0 Å². The van der Waals surface area contributed by atoms with Crippen molar-refractivity contribution in [2.24, 2.45) is 0 Å². The molecule has 0 aliphatic carbocycles. The van der Waals surface area contributed by atoms with E-state index in [0.717, 1.165) is 19.0 Å². The van der Waals surface area contributed by atoms with E-state index >= 15 is 0 Å². The molecular weight excluding hydrogens is 200 g/mol. The van der Waals surface area contributed by atoms with Crippen molar-refractivity contribution in [3.05, 3.63) is 0 Å². The molecule has 0 saturated carbocycles. The number of hydrogen-bond donors (Lipinski definition) is 3. The van der Waals surface area contributed by atoms with Crippen molar-refractivity contribution < 1.29 is 5.11 Å². The van der Waals surface area contributed by atoms with Crippen LogP contribution in [-0.4, -0.2) is 36.9 Å². The summed E-state index contributed by atoms with van der Waals surface area (Å²) in [6.45, 7) is 4.90. The Morgan fingerprint density at radius 2 is 1.50 bits per heavy atom. The Kier molecular flexibility index (Phi) is 7.81. The zero-order valence-corrected chi connectivity index (χ0v) is 10.7. The molecule has 2 unspecified atom stereocenters. The second-order valence-electron chi connectivity index (χ2n) is 4.88. The van der Waals surface area contributed by atoms with Crippen molar-refractivity contribution in [3.63, 3.8) is 0 Å². The van der Waals surface area contributed by atoms with Gasteiger partial charge < -0.3 is 15.7 Å². The molecule has 3 nitrogen and oxygen atoms in total. The predicted molar refractivity (Wildman–Crippen MR) is 68.7 cm³/mol. The molecule has 0 aromatic heterocycles. The van der Waals surface area contributed by atoms with E-state index < -0.39 is 0 Å². The Morgan fingerprint density at radius 1 is 0.938 bits per heavy atom. The summed E-state index contributed by atoms with van der Waals surface area (Å²) in [5.41, 5.74) is 0. The van der Waals surface area contributed by atoms with Gasteiger partial charge in [-0.3, -0.25) is 0 Å². The van der Waals surface area contributed by atoms with Crippen LogP contribution in [0, 0.1) is 0 Å². The quantitative estimate of drug-likeness (QED) is 0.673. The van der Waals surface area contributed by atoms with E-state index in [9.17, 15) is 0 Å². The molecule has 0 aromatic rings. The topological polar surface area (TPSA) is 44.3 Å². The minimum Gasteiger partial charge on any atom is -0.395 e. The lowest BCUT2D eigenvalue weighted by atomic mass is 10.0. The van der Waals surface area contributed by atoms with Gasteiger partial charge in [-0.25, -0.2) is 0 Å². The van der Waals surface area contributed by atoms with Crippen molar-refractivity contribution in [3.8, 4) is 0 Å². The van der Waals surface area contributed by atoms with E-state index in [1.54, 1.807) is 0 Å². The average molecular weight is 228 g/mol. The van der Waals surface area contributed by atoms with E-state index in [1.807, 2.05) is 0 Å². The number of nitrogens with one attached hydrogen (secondary N) is 2. The number of aliphatic hydroxyl groups is 1. The van der Waals surface area contributed by atoms with Crippen LogP contribution in [0.2, 0.25) is 0 Å². The zero-order chi connectivity index (χ0) is 11.6. The van der Waals surface area contributed by atoms with E-state index in [4.69, 9.17) is 5.11 Å². The standard InChI is InChI=1S/C7H15N.C6H13NO/c1-2-7-5-3-4-6-8-7;8-5-6-3-1-2-4-7-6/h7-8H,2-6H2,1H3;6-8H,1-5H2. The molecule has 0 amide bonds. The molecule has 3 heteroatoms. The minimum atomic E-state index is 0.306. The monoisotopic (exact) mass is 228 g/mol. The largest absolute Gasteiger partial charge is 0.395 e. The minimum absolute atomic E-state index is 0.306. The van der Waals surface area contributed by atoms with E-state index in [2.05, 4.69) is 17.6 Å². The molecule has 16 heavy (non-hydrogen) atoms. The molecule has 2 atom stereocenters. The van der Waals surface area contributed by atoms with Gasteiger partial charge in [0, 0.05) is 12.1 Å². The highest BCUT2D eigenvalue weighted by Gasteiger charge is 2.09. The third-order valence-corrected chi connectivity index (χ3v) is 3.54. The predicted octanol–water partition coefficient (Wildman–Crippen LogP) is 1.66. The molecule has 2 fully saturated rings. The number of hydrogen-bond acceptors (Lipinski definition) is 3. The zero-order valence-electron chi connectivity index (χ0n) is 10.7. The summed E-state index contributed by atoms with van der Waals surface area (Å²) >= 11 is 0. The molecule has 2 aliphatic rings. The van der Waals surface area contributed by atoms with Gasteiger partial charge in [0.15, 0.2) is 0 Å². The van der Waals surface area contributed by atoms with Crippen LogP contribution in [0.1, 0.15) is 51.9 Å². The average Bonchev–Trinajstić information content (AvgIpc) is 2.41. The summed E-state index contributed by atoms with van der Waals surface area (Å²) in [5.74, 6) is 0. The van der Waals surface area contributed by atoms with Gasteiger partial charge in [-0.15, -0.1) is 0 Å². The highest BCUT2D eigenvalue weighted by molar-refractivity contribution is 4.70. The van der Waals surface area contributed by atoms with Crippen molar-refractivity contribution in [1.82, 2.24) is 10.6 Å². The third-order valence-electron chi connectivity index (χ3n) is 3.54. The molecule has 2 rings (SSSR count). The summed E-state index contributed by atoms with van der Waals surface area (Å²) in [6, 6.07) is 1.23. The van der Waals surface area contributed by atoms with Crippen molar-refractivity contribution >= 4 is 0 Å². The molecule has 2 saturated heterocycles. The van der Waals surface area contributed by atoms with Gasteiger partial charge >= 0.3 is 0 Å². The lowest BCUT2D eigenvalue weighted by Gasteiger charge is -2.21.